The second kappa shape index (κ2) is 7.38. The maximum absolute atomic E-state index is 13.1. The maximum atomic E-state index is 13.1. The Morgan fingerprint density at radius 3 is 2.44 bits per heavy atom. The number of aromatic nitrogens is 2. The number of fused-ring (bicyclic) bond motifs is 1. The average molecular weight is 353 g/mol. The summed E-state index contributed by atoms with van der Waals surface area (Å²) in [5.41, 5.74) is 5.00. The third kappa shape index (κ3) is 3.42. The van der Waals surface area contributed by atoms with Crippen LogP contribution in [-0.4, -0.2) is 15.9 Å². The van der Waals surface area contributed by atoms with Gasteiger partial charge in [0.05, 0.1) is 29.0 Å². The van der Waals surface area contributed by atoms with Crippen molar-refractivity contribution in [3.05, 3.63) is 95.8 Å². The highest BCUT2D eigenvalue weighted by Gasteiger charge is 2.18. The Hall–Kier alpha value is -3.53. The molecule has 2 aromatic heterocycles. The Kier molecular flexibility index (Phi) is 4.62. The van der Waals surface area contributed by atoms with Gasteiger partial charge in [-0.15, -0.1) is 0 Å². The van der Waals surface area contributed by atoms with E-state index in [1.165, 1.54) is 0 Å². The minimum Gasteiger partial charge on any atom is -0.346 e. The van der Waals surface area contributed by atoms with E-state index in [2.05, 4.69) is 10.3 Å². The number of pyridine rings is 2. The van der Waals surface area contributed by atoms with Crippen molar-refractivity contribution in [2.24, 2.45) is 0 Å². The zero-order valence-corrected chi connectivity index (χ0v) is 15.0. The molecule has 0 radical (unpaired) electrons. The van der Waals surface area contributed by atoms with Crippen LogP contribution in [0.4, 0.5) is 0 Å². The molecule has 1 amide bonds. The van der Waals surface area contributed by atoms with Crippen LogP contribution in [0.15, 0.2) is 79.0 Å². The standard InChI is InChI=1S/C23H19N3O/c1-16-21(23(27)25-15-18-11-7-8-14-24-18)19-12-5-6-13-20(19)26-22(16)17-9-3-2-4-10-17/h2-14H,15H2,1H3,(H,25,27). The molecule has 4 nitrogen and oxygen atoms in total. The lowest BCUT2D eigenvalue weighted by Crippen LogP contribution is -2.24. The fraction of sp³-hybridized carbons (Fsp3) is 0.0870. The largest absolute Gasteiger partial charge is 0.346 e. The highest BCUT2D eigenvalue weighted by Crippen LogP contribution is 2.29. The van der Waals surface area contributed by atoms with Crippen LogP contribution in [0.2, 0.25) is 0 Å². The highest BCUT2D eigenvalue weighted by atomic mass is 16.1. The second-order valence-corrected chi connectivity index (χ2v) is 6.35. The Morgan fingerprint density at radius 2 is 1.67 bits per heavy atom. The van der Waals surface area contributed by atoms with Gasteiger partial charge in [-0.25, -0.2) is 4.98 Å². The molecule has 0 aliphatic carbocycles. The first kappa shape index (κ1) is 16.9. The van der Waals surface area contributed by atoms with Crippen LogP contribution in [0.3, 0.4) is 0 Å². The van der Waals surface area contributed by atoms with Crippen molar-refractivity contribution >= 4 is 16.8 Å². The molecule has 2 aromatic carbocycles. The van der Waals surface area contributed by atoms with Crippen LogP contribution in [0.1, 0.15) is 21.6 Å². The van der Waals surface area contributed by atoms with Crippen LogP contribution < -0.4 is 5.32 Å². The fourth-order valence-corrected chi connectivity index (χ4v) is 3.24. The van der Waals surface area contributed by atoms with Crippen molar-refractivity contribution in [1.29, 1.82) is 0 Å². The van der Waals surface area contributed by atoms with Crippen LogP contribution in [0.25, 0.3) is 22.2 Å². The van der Waals surface area contributed by atoms with Gasteiger partial charge in [0.15, 0.2) is 0 Å². The lowest BCUT2D eigenvalue weighted by atomic mass is 9.97. The number of hydrogen-bond acceptors (Lipinski definition) is 3. The molecule has 27 heavy (non-hydrogen) atoms. The van der Waals surface area contributed by atoms with E-state index in [0.717, 1.165) is 33.4 Å². The van der Waals surface area contributed by atoms with Crippen LogP contribution in [-0.2, 0) is 6.54 Å². The number of carbonyl (C=O) groups excluding carboxylic acids is 1. The predicted octanol–water partition coefficient (Wildman–Crippen LogP) is 4.54. The smallest absolute Gasteiger partial charge is 0.252 e. The molecule has 132 valence electrons. The Balaban J connectivity index is 1.78. The van der Waals surface area contributed by atoms with E-state index < -0.39 is 0 Å². The first-order valence-corrected chi connectivity index (χ1v) is 8.87. The molecule has 4 rings (SSSR count). The van der Waals surface area contributed by atoms with Crippen molar-refractivity contribution in [3.8, 4) is 11.3 Å². The molecule has 0 aliphatic heterocycles. The molecular formula is C23H19N3O. The summed E-state index contributed by atoms with van der Waals surface area (Å²) in [5.74, 6) is -0.117. The van der Waals surface area contributed by atoms with E-state index in [-0.39, 0.29) is 5.91 Å². The van der Waals surface area contributed by atoms with E-state index in [4.69, 9.17) is 4.98 Å². The minimum atomic E-state index is -0.117. The van der Waals surface area contributed by atoms with Gasteiger partial charge < -0.3 is 5.32 Å². The summed E-state index contributed by atoms with van der Waals surface area (Å²) in [5, 5.41) is 3.85. The Bertz CT molecular complexity index is 1090. The van der Waals surface area contributed by atoms with E-state index in [1.807, 2.05) is 79.7 Å². The quantitative estimate of drug-likeness (QED) is 0.586. The molecule has 0 unspecified atom stereocenters. The summed E-state index contributed by atoms with van der Waals surface area (Å²) in [4.78, 5) is 22.2. The first-order chi connectivity index (χ1) is 13.2. The third-order valence-corrected chi connectivity index (χ3v) is 4.57. The van der Waals surface area contributed by atoms with Gasteiger partial charge >= 0.3 is 0 Å². The van der Waals surface area contributed by atoms with Gasteiger partial charge in [-0.3, -0.25) is 9.78 Å². The minimum absolute atomic E-state index is 0.117. The summed E-state index contributed by atoms with van der Waals surface area (Å²) in [7, 11) is 0. The second-order valence-electron chi connectivity index (χ2n) is 6.35. The summed E-state index contributed by atoms with van der Waals surface area (Å²) >= 11 is 0. The molecule has 0 saturated heterocycles. The number of para-hydroxylation sites is 1. The highest BCUT2D eigenvalue weighted by molar-refractivity contribution is 6.08. The number of benzene rings is 2. The summed E-state index contributed by atoms with van der Waals surface area (Å²) in [6, 6.07) is 23.4. The number of nitrogens with one attached hydrogen (secondary N) is 1. The van der Waals surface area contributed by atoms with Gasteiger partial charge in [0.1, 0.15) is 0 Å². The number of nitrogens with zero attached hydrogens (tertiary/aromatic N) is 2. The zero-order valence-electron chi connectivity index (χ0n) is 15.0. The van der Waals surface area contributed by atoms with Crippen LogP contribution in [0.5, 0.6) is 0 Å². The van der Waals surface area contributed by atoms with Gasteiger partial charge in [-0.1, -0.05) is 54.6 Å². The van der Waals surface area contributed by atoms with Crippen molar-refractivity contribution < 1.29 is 4.79 Å². The SMILES string of the molecule is Cc1c(-c2ccccc2)nc2ccccc2c1C(=O)NCc1ccccn1. The maximum Gasteiger partial charge on any atom is 0.252 e. The molecule has 0 aliphatic rings. The molecule has 0 saturated carbocycles. The van der Waals surface area contributed by atoms with E-state index >= 15 is 0 Å². The van der Waals surface area contributed by atoms with Gasteiger partial charge in [0.2, 0.25) is 0 Å². The first-order valence-electron chi connectivity index (χ1n) is 8.87. The average Bonchev–Trinajstić information content (AvgIpc) is 2.73. The van der Waals surface area contributed by atoms with E-state index in [0.29, 0.717) is 12.1 Å². The lowest BCUT2D eigenvalue weighted by Gasteiger charge is -2.14. The molecule has 4 heteroatoms. The lowest BCUT2D eigenvalue weighted by molar-refractivity contribution is 0.0951. The predicted molar refractivity (Wildman–Crippen MR) is 107 cm³/mol. The number of carbonyl (C=O) groups is 1. The topological polar surface area (TPSA) is 54.9 Å². The zero-order chi connectivity index (χ0) is 18.6. The van der Waals surface area contributed by atoms with Crippen molar-refractivity contribution in [1.82, 2.24) is 15.3 Å². The molecule has 1 N–H and O–H groups in total. The molecule has 0 atom stereocenters. The summed E-state index contributed by atoms with van der Waals surface area (Å²) in [6.07, 6.45) is 1.72. The van der Waals surface area contributed by atoms with Gasteiger partial charge in [0.25, 0.3) is 5.91 Å². The van der Waals surface area contributed by atoms with Crippen LogP contribution in [0, 0.1) is 6.92 Å². The van der Waals surface area contributed by atoms with Gasteiger partial charge in [0, 0.05) is 17.1 Å². The molecule has 2 heterocycles. The molecule has 4 aromatic rings. The van der Waals surface area contributed by atoms with E-state index in [1.54, 1.807) is 6.20 Å². The number of hydrogen-bond donors (Lipinski definition) is 1. The molecule has 0 spiro atoms. The van der Waals surface area contributed by atoms with Crippen LogP contribution >= 0.6 is 0 Å². The number of amides is 1. The summed E-state index contributed by atoms with van der Waals surface area (Å²) < 4.78 is 0. The fourth-order valence-electron chi connectivity index (χ4n) is 3.24. The van der Waals surface area contributed by atoms with Crippen molar-refractivity contribution in [2.75, 3.05) is 0 Å². The van der Waals surface area contributed by atoms with Gasteiger partial charge in [-0.05, 0) is 30.7 Å². The summed E-state index contributed by atoms with van der Waals surface area (Å²) in [6.45, 7) is 2.34. The van der Waals surface area contributed by atoms with E-state index in [9.17, 15) is 4.79 Å². The molecule has 0 fully saturated rings. The van der Waals surface area contributed by atoms with Crippen molar-refractivity contribution in [3.63, 3.8) is 0 Å². The normalized spacial score (nSPS) is 10.7. The molecule has 0 bridgehead atoms. The van der Waals surface area contributed by atoms with Crippen molar-refractivity contribution in [2.45, 2.75) is 13.5 Å². The Morgan fingerprint density at radius 1 is 0.926 bits per heavy atom. The van der Waals surface area contributed by atoms with Gasteiger partial charge in [-0.2, -0.15) is 0 Å². The Labute approximate surface area is 157 Å². The number of rotatable bonds is 4. The monoisotopic (exact) mass is 353 g/mol. The molecular weight excluding hydrogens is 334 g/mol. The third-order valence-electron chi connectivity index (χ3n) is 4.57.